The standard InChI is InChI=1S/C24H18O/c1-3-17(18-11-5-4-10-16(18)2)23-19-12-6-8-14-21(19)24(25)22-15-9-7-13-20(22)23/h1,4-15,17,23H,2H3/t17-/m1/s1. The molecule has 0 unspecified atom stereocenters. The maximum atomic E-state index is 12.9. The topological polar surface area (TPSA) is 17.1 Å². The molecule has 0 amide bonds. The molecule has 1 aliphatic carbocycles. The molecule has 0 heterocycles. The Bertz CT molecular complexity index is 957. The Labute approximate surface area is 148 Å². The second-order valence-corrected chi connectivity index (χ2v) is 6.48. The lowest BCUT2D eigenvalue weighted by atomic mass is 9.69. The highest BCUT2D eigenvalue weighted by atomic mass is 16.1. The van der Waals surface area contributed by atoms with E-state index in [9.17, 15) is 4.79 Å². The van der Waals surface area contributed by atoms with Gasteiger partial charge in [-0.1, -0.05) is 78.7 Å². The van der Waals surface area contributed by atoms with E-state index < -0.39 is 0 Å². The van der Waals surface area contributed by atoms with E-state index in [4.69, 9.17) is 6.42 Å². The van der Waals surface area contributed by atoms with Gasteiger partial charge in [0.1, 0.15) is 0 Å². The molecule has 1 heteroatoms. The molecule has 0 aromatic heterocycles. The molecule has 0 saturated heterocycles. The zero-order valence-corrected chi connectivity index (χ0v) is 14.1. The van der Waals surface area contributed by atoms with Crippen molar-refractivity contribution in [3.63, 3.8) is 0 Å². The van der Waals surface area contributed by atoms with Gasteiger partial charge in [0.05, 0.1) is 5.92 Å². The number of benzene rings is 3. The Balaban J connectivity index is 1.99. The van der Waals surface area contributed by atoms with Crippen molar-refractivity contribution in [2.45, 2.75) is 18.8 Å². The van der Waals surface area contributed by atoms with Crippen LogP contribution in [0.4, 0.5) is 0 Å². The van der Waals surface area contributed by atoms with E-state index in [2.05, 4.69) is 25.0 Å². The number of hydrogen-bond donors (Lipinski definition) is 0. The third kappa shape index (κ3) is 2.39. The fourth-order valence-corrected chi connectivity index (χ4v) is 3.92. The maximum Gasteiger partial charge on any atom is 0.193 e. The van der Waals surface area contributed by atoms with Gasteiger partial charge in [-0.05, 0) is 29.2 Å². The van der Waals surface area contributed by atoms with Gasteiger partial charge in [0.2, 0.25) is 0 Å². The van der Waals surface area contributed by atoms with Gasteiger partial charge in [0.25, 0.3) is 0 Å². The van der Waals surface area contributed by atoms with E-state index in [1.807, 2.05) is 60.7 Å². The third-order valence-corrected chi connectivity index (χ3v) is 5.12. The Kier molecular flexibility index (Phi) is 3.75. The maximum absolute atomic E-state index is 12.9. The lowest BCUT2D eigenvalue weighted by Gasteiger charge is -2.32. The highest BCUT2D eigenvalue weighted by Gasteiger charge is 2.35. The van der Waals surface area contributed by atoms with Crippen LogP contribution in [0.25, 0.3) is 0 Å². The first-order valence-electron chi connectivity index (χ1n) is 8.46. The van der Waals surface area contributed by atoms with Gasteiger partial charge >= 0.3 is 0 Å². The van der Waals surface area contributed by atoms with Gasteiger partial charge < -0.3 is 0 Å². The summed E-state index contributed by atoms with van der Waals surface area (Å²) in [5, 5.41) is 0. The lowest BCUT2D eigenvalue weighted by molar-refractivity contribution is 0.103. The smallest absolute Gasteiger partial charge is 0.193 e. The van der Waals surface area contributed by atoms with Crippen LogP contribution in [-0.4, -0.2) is 5.78 Å². The molecule has 3 aromatic rings. The number of aryl methyl sites for hydroxylation is 1. The summed E-state index contributed by atoms with van der Waals surface area (Å²) in [7, 11) is 0. The van der Waals surface area contributed by atoms with Crippen LogP contribution >= 0.6 is 0 Å². The zero-order chi connectivity index (χ0) is 17.4. The summed E-state index contributed by atoms with van der Waals surface area (Å²) in [6.45, 7) is 2.09. The monoisotopic (exact) mass is 322 g/mol. The van der Waals surface area contributed by atoms with Crippen LogP contribution in [0, 0.1) is 19.3 Å². The highest BCUT2D eigenvalue weighted by molar-refractivity contribution is 6.12. The van der Waals surface area contributed by atoms with Gasteiger partial charge in [0.15, 0.2) is 5.78 Å². The molecule has 1 atom stereocenters. The first-order chi connectivity index (χ1) is 12.2. The molecule has 0 saturated carbocycles. The third-order valence-electron chi connectivity index (χ3n) is 5.12. The van der Waals surface area contributed by atoms with E-state index in [1.165, 1.54) is 5.56 Å². The molecule has 1 aliphatic rings. The predicted molar refractivity (Wildman–Crippen MR) is 101 cm³/mol. The van der Waals surface area contributed by atoms with Crippen molar-refractivity contribution >= 4 is 5.78 Å². The van der Waals surface area contributed by atoms with Crippen LogP contribution in [0.15, 0.2) is 72.8 Å². The molecule has 0 radical (unpaired) electrons. The van der Waals surface area contributed by atoms with Crippen molar-refractivity contribution in [1.82, 2.24) is 0 Å². The van der Waals surface area contributed by atoms with Gasteiger partial charge in [-0.15, -0.1) is 6.42 Å². The normalized spacial score (nSPS) is 14.3. The lowest BCUT2D eigenvalue weighted by Crippen LogP contribution is -2.23. The Morgan fingerprint density at radius 3 is 1.92 bits per heavy atom. The van der Waals surface area contributed by atoms with Crippen LogP contribution in [0.2, 0.25) is 0 Å². The van der Waals surface area contributed by atoms with E-state index in [1.54, 1.807) is 0 Å². The second kappa shape index (κ2) is 6.07. The van der Waals surface area contributed by atoms with Gasteiger partial charge in [0, 0.05) is 17.0 Å². The summed E-state index contributed by atoms with van der Waals surface area (Å²) >= 11 is 0. The SMILES string of the molecule is C#C[C@H](c1ccccc1C)C1c2ccccc2C(=O)c2ccccc21. The summed E-state index contributed by atoms with van der Waals surface area (Å²) < 4.78 is 0. The predicted octanol–water partition coefficient (Wildman–Crippen LogP) is 5.09. The fourth-order valence-electron chi connectivity index (χ4n) is 3.92. The van der Waals surface area contributed by atoms with Crippen LogP contribution in [-0.2, 0) is 0 Å². The van der Waals surface area contributed by atoms with Crippen molar-refractivity contribution in [3.8, 4) is 12.3 Å². The second-order valence-electron chi connectivity index (χ2n) is 6.48. The number of carbonyl (C=O) groups excluding carboxylic acids is 1. The molecule has 25 heavy (non-hydrogen) atoms. The minimum Gasteiger partial charge on any atom is -0.289 e. The first-order valence-corrected chi connectivity index (χ1v) is 8.46. The van der Waals surface area contributed by atoms with Crippen LogP contribution in [0.3, 0.4) is 0 Å². The van der Waals surface area contributed by atoms with E-state index in [0.717, 1.165) is 27.8 Å². The molecule has 3 aromatic carbocycles. The molecular weight excluding hydrogens is 304 g/mol. The van der Waals surface area contributed by atoms with Crippen LogP contribution in [0.1, 0.15) is 50.0 Å². The van der Waals surface area contributed by atoms with E-state index in [0.29, 0.717) is 0 Å². The highest BCUT2D eigenvalue weighted by Crippen LogP contribution is 2.45. The summed E-state index contributed by atoms with van der Waals surface area (Å²) in [4.78, 5) is 12.9. The van der Waals surface area contributed by atoms with Gasteiger partial charge in [-0.3, -0.25) is 4.79 Å². The van der Waals surface area contributed by atoms with Crippen molar-refractivity contribution < 1.29 is 4.79 Å². The van der Waals surface area contributed by atoms with Crippen LogP contribution in [0.5, 0.6) is 0 Å². The Morgan fingerprint density at radius 1 is 0.840 bits per heavy atom. The molecule has 0 bridgehead atoms. The number of carbonyl (C=O) groups is 1. The summed E-state index contributed by atoms with van der Waals surface area (Å²) in [5.74, 6) is 2.97. The number of rotatable bonds is 2. The van der Waals surface area contributed by atoms with Crippen molar-refractivity contribution in [2.75, 3.05) is 0 Å². The number of terminal acetylenes is 1. The average molecular weight is 322 g/mol. The molecule has 1 nitrogen and oxygen atoms in total. The Hall–Kier alpha value is -3.11. The molecule has 0 N–H and O–H groups in total. The first kappa shape index (κ1) is 15.4. The number of ketones is 1. The van der Waals surface area contributed by atoms with Gasteiger partial charge in [-0.2, -0.15) is 0 Å². The molecule has 0 spiro atoms. The number of fused-ring (bicyclic) bond motifs is 2. The Morgan fingerprint density at radius 2 is 1.36 bits per heavy atom. The van der Waals surface area contributed by atoms with Crippen molar-refractivity contribution in [3.05, 3.63) is 106 Å². The van der Waals surface area contributed by atoms with E-state index >= 15 is 0 Å². The van der Waals surface area contributed by atoms with Crippen molar-refractivity contribution in [2.24, 2.45) is 0 Å². The van der Waals surface area contributed by atoms with E-state index in [-0.39, 0.29) is 17.6 Å². The summed E-state index contributed by atoms with van der Waals surface area (Å²) in [6.07, 6.45) is 6.02. The largest absolute Gasteiger partial charge is 0.289 e. The van der Waals surface area contributed by atoms with Gasteiger partial charge in [-0.25, -0.2) is 0 Å². The molecule has 0 aliphatic heterocycles. The van der Waals surface area contributed by atoms with Crippen molar-refractivity contribution in [1.29, 1.82) is 0 Å². The minimum atomic E-state index is -0.114. The zero-order valence-electron chi connectivity index (χ0n) is 14.1. The fraction of sp³-hybridized carbons (Fsp3) is 0.125. The minimum absolute atomic E-state index is 0.0174. The number of hydrogen-bond acceptors (Lipinski definition) is 1. The quantitative estimate of drug-likeness (QED) is 0.601. The molecule has 0 fully saturated rings. The summed E-state index contributed by atoms with van der Waals surface area (Å²) in [6, 6.07) is 23.9. The summed E-state index contributed by atoms with van der Waals surface area (Å²) in [5.41, 5.74) is 5.90. The average Bonchev–Trinajstić information content (AvgIpc) is 2.66. The molecule has 4 rings (SSSR count). The molecular formula is C24H18O. The van der Waals surface area contributed by atoms with Crippen LogP contribution < -0.4 is 0 Å². The molecule has 120 valence electrons.